The van der Waals surface area contributed by atoms with Gasteiger partial charge in [-0.2, -0.15) is 0 Å². The Kier molecular flexibility index (Phi) is 3.97. The molecule has 2 aliphatic rings. The van der Waals surface area contributed by atoms with Crippen molar-refractivity contribution in [3.63, 3.8) is 0 Å². The van der Waals surface area contributed by atoms with Gasteiger partial charge < -0.3 is 14.4 Å². The van der Waals surface area contributed by atoms with Crippen LogP contribution in [-0.2, 0) is 0 Å². The normalized spacial score (nSPS) is 18.7. The molecule has 4 heteroatoms. The van der Waals surface area contributed by atoms with Gasteiger partial charge in [-0.1, -0.05) is 36.4 Å². The lowest BCUT2D eigenvalue weighted by Gasteiger charge is -2.27. The SMILES string of the molecule is O=C(c1ccc2ccccc2c1)N1CCC[C@H]1c1ccc2c(c1)OCCO2. The molecule has 0 unspecified atom stereocenters. The second-order valence-corrected chi connectivity index (χ2v) is 7.12. The van der Waals surface area contributed by atoms with Crippen molar-refractivity contribution in [1.82, 2.24) is 4.90 Å². The van der Waals surface area contributed by atoms with Gasteiger partial charge in [-0.15, -0.1) is 0 Å². The van der Waals surface area contributed by atoms with Crippen LogP contribution in [0.3, 0.4) is 0 Å². The quantitative estimate of drug-likeness (QED) is 0.672. The largest absolute Gasteiger partial charge is 0.486 e. The second kappa shape index (κ2) is 6.62. The van der Waals surface area contributed by atoms with E-state index < -0.39 is 0 Å². The van der Waals surface area contributed by atoms with E-state index in [0.717, 1.165) is 52.8 Å². The molecule has 2 heterocycles. The molecule has 0 aromatic heterocycles. The van der Waals surface area contributed by atoms with Gasteiger partial charge in [-0.3, -0.25) is 4.79 Å². The molecule has 0 radical (unpaired) electrons. The molecular weight excluding hydrogens is 338 g/mol. The van der Waals surface area contributed by atoms with Crippen molar-refractivity contribution in [2.75, 3.05) is 19.8 Å². The van der Waals surface area contributed by atoms with Gasteiger partial charge >= 0.3 is 0 Å². The van der Waals surface area contributed by atoms with E-state index in [0.29, 0.717) is 13.2 Å². The van der Waals surface area contributed by atoms with E-state index in [1.54, 1.807) is 0 Å². The summed E-state index contributed by atoms with van der Waals surface area (Å²) < 4.78 is 11.3. The highest BCUT2D eigenvalue weighted by Crippen LogP contribution is 2.38. The first-order chi connectivity index (χ1) is 13.3. The summed E-state index contributed by atoms with van der Waals surface area (Å²) in [5.74, 6) is 1.66. The number of ether oxygens (including phenoxy) is 2. The number of hydrogen-bond acceptors (Lipinski definition) is 3. The Hall–Kier alpha value is -3.01. The molecule has 0 spiro atoms. The standard InChI is InChI=1S/C23H21NO3/c25-23(19-8-7-16-4-1-2-5-17(16)14-19)24-11-3-6-20(24)18-9-10-21-22(15-18)27-13-12-26-21/h1-2,4-5,7-10,14-15,20H,3,6,11-13H2/t20-/m0/s1. The van der Waals surface area contributed by atoms with Gasteiger partial charge in [0.05, 0.1) is 6.04 Å². The van der Waals surface area contributed by atoms with Gasteiger partial charge in [0.1, 0.15) is 13.2 Å². The van der Waals surface area contributed by atoms with E-state index in [-0.39, 0.29) is 11.9 Å². The fourth-order valence-corrected chi connectivity index (χ4v) is 4.11. The van der Waals surface area contributed by atoms with Gasteiger partial charge in [-0.05, 0) is 53.4 Å². The minimum Gasteiger partial charge on any atom is -0.486 e. The Morgan fingerprint density at radius 3 is 2.59 bits per heavy atom. The minimum atomic E-state index is 0.0831. The molecule has 1 fully saturated rings. The molecule has 5 rings (SSSR count). The average molecular weight is 359 g/mol. The van der Waals surface area contributed by atoms with Crippen molar-refractivity contribution in [3.8, 4) is 11.5 Å². The third-order valence-corrected chi connectivity index (χ3v) is 5.46. The van der Waals surface area contributed by atoms with E-state index in [4.69, 9.17) is 9.47 Å². The Balaban J connectivity index is 1.45. The molecule has 1 saturated heterocycles. The van der Waals surface area contributed by atoms with Gasteiger partial charge in [-0.25, -0.2) is 0 Å². The number of fused-ring (bicyclic) bond motifs is 2. The summed E-state index contributed by atoms with van der Waals surface area (Å²) in [7, 11) is 0. The van der Waals surface area contributed by atoms with E-state index in [1.807, 2.05) is 53.4 Å². The third kappa shape index (κ3) is 2.91. The second-order valence-electron chi connectivity index (χ2n) is 7.12. The van der Waals surface area contributed by atoms with Gasteiger partial charge in [0.25, 0.3) is 5.91 Å². The van der Waals surface area contributed by atoms with Crippen molar-refractivity contribution in [1.29, 1.82) is 0 Å². The summed E-state index contributed by atoms with van der Waals surface area (Å²) in [6.45, 7) is 1.94. The zero-order chi connectivity index (χ0) is 18.2. The van der Waals surface area contributed by atoms with E-state index in [9.17, 15) is 4.79 Å². The highest BCUT2D eigenvalue weighted by molar-refractivity contribution is 5.99. The molecule has 1 amide bonds. The number of nitrogens with zero attached hydrogens (tertiary/aromatic N) is 1. The molecule has 3 aromatic carbocycles. The Morgan fingerprint density at radius 1 is 0.889 bits per heavy atom. The van der Waals surface area contributed by atoms with Gasteiger partial charge in [0.15, 0.2) is 11.5 Å². The van der Waals surface area contributed by atoms with Crippen molar-refractivity contribution in [3.05, 3.63) is 71.8 Å². The number of benzene rings is 3. The van der Waals surface area contributed by atoms with Crippen molar-refractivity contribution < 1.29 is 14.3 Å². The Morgan fingerprint density at radius 2 is 1.70 bits per heavy atom. The molecule has 0 saturated carbocycles. The Labute approximate surface area is 158 Å². The first-order valence-electron chi connectivity index (χ1n) is 9.49. The monoisotopic (exact) mass is 359 g/mol. The molecule has 0 aliphatic carbocycles. The van der Waals surface area contributed by atoms with E-state index in [2.05, 4.69) is 12.1 Å². The number of rotatable bonds is 2. The van der Waals surface area contributed by atoms with Crippen LogP contribution in [-0.4, -0.2) is 30.6 Å². The van der Waals surface area contributed by atoms with Crippen LogP contribution in [0, 0.1) is 0 Å². The van der Waals surface area contributed by atoms with Crippen LogP contribution in [0.5, 0.6) is 11.5 Å². The Bertz CT molecular complexity index is 1010. The maximum atomic E-state index is 13.2. The van der Waals surface area contributed by atoms with Crippen LogP contribution in [0.1, 0.15) is 34.8 Å². The predicted molar refractivity (Wildman–Crippen MR) is 104 cm³/mol. The first-order valence-corrected chi connectivity index (χ1v) is 9.49. The van der Waals surface area contributed by atoms with Crippen molar-refractivity contribution in [2.45, 2.75) is 18.9 Å². The topological polar surface area (TPSA) is 38.8 Å². The lowest BCUT2D eigenvalue weighted by Crippen LogP contribution is -2.30. The van der Waals surface area contributed by atoms with Crippen LogP contribution >= 0.6 is 0 Å². The lowest BCUT2D eigenvalue weighted by atomic mass is 10.0. The van der Waals surface area contributed by atoms with Crippen LogP contribution in [0.4, 0.5) is 0 Å². The van der Waals surface area contributed by atoms with Crippen LogP contribution < -0.4 is 9.47 Å². The van der Waals surface area contributed by atoms with Crippen molar-refractivity contribution in [2.24, 2.45) is 0 Å². The number of carbonyl (C=O) groups is 1. The van der Waals surface area contributed by atoms with Crippen LogP contribution in [0.25, 0.3) is 10.8 Å². The average Bonchev–Trinajstić information content (AvgIpc) is 3.22. The van der Waals surface area contributed by atoms with Crippen LogP contribution in [0.15, 0.2) is 60.7 Å². The fourth-order valence-electron chi connectivity index (χ4n) is 4.11. The smallest absolute Gasteiger partial charge is 0.254 e. The highest BCUT2D eigenvalue weighted by atomic mass is 16.6. The molecule has 136 valence electrons. The lowest BCUT2D eigenvalue weighted by molar-refractivity contribution is 0.0735. The summed E-state index contributed by atoms with van der Waals surface area (Å²) in [4.78, 5) is 15.2. The summed E-state index contributed by atoms with van der Waals surface area (Å²) in [6.07, 6.45) is 1.98. The number of carbonyl (C=O) groups excluding carboxylic acids is 1. The van der Waals surface area contributed by atoms with E-state index in [1.165, 1.54) is 0 Å². The van der Waals surface area contributed by atoms with Gasteiger partial charge in [0, 0.05) is 12.1 Å². The number of hydrogen-bond donors (Lipinski definition) is 0. The summed E-state index contributed by atoms with van der Waals surface area (Å²) in [6, 6.07) is 20.2. The summed E-state index contributed by atoms with van der Waals surface area (Å²) >= 11 is 0. The fraction of sp³-hybridized carbons (Fsp3) is 0.261. The molecule has 1 atom stereocenters. The molecule has 2 aliphatic heterocycles. The molecular formula is C23H21NO3. The highest BCUT2D eigenvalue weighted by Gasteiger charge is 2.31. The van der Waals surface area contributed by atoms with Crippen LogP contribution in [0.2, 0.25) is 0 Å². The van der Waals surface area contributed by atoms with Crippen molar-refractivity contribution >= 4 is 16.7 Å². The summed E-state index contributed by atoms with van der Waals surface area (Å²) in [5.41, 5.74) is 1.86. The predicted octanol–water partition coefficient (Wildman–Crippen LogP) is 4.59. The summed E-state index contributed by atoms with van der Waals surface area (Å²) in [5, 5.41) is 2.25. The molecule has 0 bridgehead atoms. The minimum absolute atomic E-state index is 0.0831. The molecule has 0 N–H and O–H groups in total. The zero-order valence-electron chi connectivity index (χ0n) is 15.1. The van der Waals surface area contributed by atoms with Gasteiger partial charge in [0.2, 0.25) is 0 Å². The maximum absolute atomic E-state index is 13.2. The molecule has 27 heavy (non-hydrogen) atoms. The van der Waals surface area contributed by atoms with E-state index >= 15 is 0 Å². The number of likely N-dealkylation sites (tertiary alicyclic amines) is 1. The molecule has 3 aromatic rings. The zero-order valence-corrected chi connectivity index (χ0v) is 15.1. The molecule has 4 nitrogen and oxygen atoms in total. The first kappa shape index (κ1) is 16.2. The third-order valence-electron chi connectivity index (χ3n) is 5.46. The maximum Gasteiger partial charge on any atom is 0.254 e. The number of amides is 1.